The molecule has 1 amide bonds. The van der Waals surface area contributed by atoms with E-state index in [2.05, 4.69) is 104 Å². The van der Waals surface area contributed by atoms with Crippen LogP contribution in [0.15, 0.2) is 97.2 Å². The van der Waals surface area contributed by atoms with Crippen LogP contribution in [0, 0.1) is 0 Å². The molecule has 0 aliphatic rings. The molecule has 0 fully saturated rings. The van der Waals surface area contributed by atoms with Crippen molar-refractivity contribution in [3.63, 3.8) is 0 Å². The Hall–Kier alpha value is -2.58. The minimum absolute atomic E-state index is 0.0137. The maximum atomic E-state index is 13.0. The molecule has 3 atom stereocenters. The van der Waals surface area contributed by atoms with Crippen molar-refractivity contribution in [2.45, 2.75) is 302 Å². The minimum atomic E-state index is -4.62. The lowest BCUT2D eigenvalue weighted by Crippen LogP contribution is -2.45. The first kappa shape index (κ1) is 76.4. The van der Waals surface area contributed by atoms with E-state index in [0.717, 1.165) is 77.0 Å². The summed E-state index contributed by atoms with van der Waals surface area (Å²) in [6.45, 7) is 4.53. The second-order valence-corrected chi connectivity index (χ2v) is 24.8. The molecule has 0 radical (unpaired) electrons. The van der Waals surface area contributed by atoms with E-state index >= 15 is 0 Å². The van der Waals surface area contributed by atoms with Gasteiger partial charge in [0.15, 0.2) is 0 Å². The highest BCUT2D eigenvalue weighted by Gasteiger charge is 2.23. The van der Waals surface area contributed by atoms with Crippen molar-refractivity contribution in [3.05, 3.63) is 97.2 Å². The summed E-state index contributed by atoms with van der Waals surface area (Å²) in [6, 6.07) is -0.919. The molecule has 458 valence electrons. The van der Waals surface area contributed by atoms with Gasteiger partial charge >= 0.3 is 0 Å². The predicted molar refractivity (Wildman–Crippen MR) is 343 cm³/mol. The maximum Gasteiger partial charge on any atom is 0.268 e. The number of rotatable bonds is 60. The van der Waals surface area contributed by atoms with Crippen molar-refractivity contribution in [1.29, 1.82) is 0 Å². The molecule has 0 aromatic rings. The number of nitrogens with one attached hydrogen (secondary N) is 1. The van der Waals surface area contributed by atoms with Crippen LogP contribution in [-0.2, 0) is 18.4 Å². The Balaban J connectivity index is 4.20. The van der Waals surface area contributed by atoms with E-state index in [1.807, 2.05) is 27.2 Å². The Morgan fingerprint density at radius 3 is 1.18 bits per heavy atom. The summed E-state index contributed by atoms with van der Waals surface area (Å²) < 4.78 is 23.4. The zero-order valence-electron chi connectivity index (χ0n) is 52.3. The molecule has 0 saturated carbocycles. The Morgan fingerprint density at radius 1 is 0.456 bits per heavy atom. The largest absolute Gasteiger partial charge is 0.756 e. The average Bonchev–Trinajstić information content (AvgIpc) is 3.42. The van der Waals surface area contributed by atoms with E-state index in [1.54, 1.807) is 6.08 Å². The minimum Gasteiger partial charge on any atom is -0.756 e. The number of aliphatic hydroxyl groups excluding tert-OH is 1. The molecular formula is C70H127N2O6P. The van der Waals surface area contributed by atoms with Gasteiger partial charge in [-0.25, -0.2) is 0 Å². The van der Waals surface area contributed by atoms with Gasteiger partial charge in [0, 0.05) is 6.42 Å². The molecule has 2 N–H and O–H groups in total. The van der Waals surface area contributed by atoms with Gasteiger partial charge in [0.1, 0.15) is 13.2 Å². The molecule has 3 unspecified atom stereocenters. The second-order valence-electron chi connectivity index (χ2n) is 23.4. The van der Waals surface area contributed by atoms with Gasteiger partial charge in [-0.1, -0.05) is 291 Å². The number of likely N-dealkylation sites (N-methyl/N-ethyl adjacent to an activating group) is 1. The molecule has 0 aromatic heterocycles. The zero-order chi connectivity index (χ0) is 57.7. The standard InChI is InChI=1S/C70H127N2O6P/c1-6-8-10-12-14-16-18-20-22-24-26-28-30-32-34-35-36-38-39-41-43-45-47-49-51-53-55-57-59-61-63-69(73)68(67-78-79(75,76)77-66-65-72(3,4)5)71-70(74)64-62-60-58-56-54-52-50-48-46-44-42-40-37-33-31-29-27-25-23-21-19-17-15-13-11-9-7-2/h9,11,15,17,21,23,27,29,33,37,45,47,53,55,61,63,68-69,73H,6-8,10,12-14,16,18-20,22,24-26,28,30-32,34-36,38-44,46,48-52,54,56-60,62,64-67H2,1-5H3,(H-,71,74,75,76)/b11-9-,17-15-,23-21-,29-27-,37-33-,47-45+,55-53+,63-61+. The molecular weight excluding hydrogens is 996 g/mol. The molecule has 0 aliphatic carbocycles. The molecule has 0 saturated heterocycles. The van der Waals surface area contributed by atoms with Crippen LogP contribution in [0.3, 0.4) is 0 Å². The van der Waals surface area contributed by atoms with Crippen molar-refractivity contribution in [2.75, 3.05) is 40.9 Å². The number of allylic oxidation sites excluding steroid dienone is 15. The van der Waals surface area contributed by atoms with E-state index in [1.165, 1.54) is 193 Å². The lowest BCUT2D eigenvalue weighted by molar-refractivity contribution is -0.870. The number of phosphoric acid groups is 1. The van der Waals surface area contributed by atoms with Crippen LogP contribution in [0.1, 0.15) is 290 Å². The number of hydrogen-bond donors (Lipinski definition) is 2. The number of nitrogens with zero attached hydrogens (tertiary/aromatic N) is 1. The third-order valence-corrected chi connectivity index (χ3v) is 15.5. The highest BCUT2D eigenvalue weighted by atomic mass is 31.2. The summed E-state index contributed by atoms with van der Waals surface area (Å²) in [5.74, 6) is -0.216. The fourth-order valence-electron chi connectivity index (χ4n) is 9.39. The highest BCUT2D eigenvalue weighted by molar-refractivity contribution is 7.45. The lowest BCUT2D eigenvalue weighted by Gasteiger charge is -2.29. The molecule has 0 aromatic carbocycles. The van der Waals surface area contributed by atoms with Gasteiger partial charge in [-0.15, -0.1) is 0 Å². The molecule has 8 nitrogen and oxygen atoms in total. The zero-order valence-corrected chi connectivity index (χ0v) is 53.2. The first-order valence-corrected chi connectivity index (χ1v) is 34.6. The molecule has 9 heteroatoms. The van der Waals surface area contributed by atoms with Crippen molar-refractivity contribution >= 4 is 13.7 Å². The van der Waals surface area contributed by atoms with E-state index in [4.69, 9.17) is 9.05 Å². The van der Waals surface area contributed by atoms with Crippen LogP contribution >= 0.6 is 7.82 Å². The number of amides is 1. The Kier molecular flexibility index (Phi) is 58.1. The lowest BCUT2D eigenvalue weighted by atomic mass is 10.0. The molecule has 0 rings (SSSR count). The van der Waals surface area contributed by atoms with Crippen LogP contribution in [0.2, 0.25) is 0 Å². The van der Waals surface area contributed by atoms with E-state index in [-0.39, 0.29) is 12.5 Å². The summed E-state index contributed by atoms with van der Waals surface area (Å²) >= 11 is 0. The summed E-state index contributed by atoms with van der Waals surface area (Å²) in [5.41, 5.74) is 0. The van der Waals surface area contributed by atoms with Gasteiger partial charge in [0.25, 0.3) is 7.82 Å². The molecule has 0 heterocycles. The fourth-order valence-corrected chi connectivity index (χ4v) is 10.1. The highest BCUT2D eigenvalue weighted by Crippen LogP contribution is 2.38. The number of aliphatic hydroxyl groups is 1. The van der Waals surface area contributed by atoms with Gasteiger partial charge < -0.3 is 28.8 Å². The second kappa shape index (κ2) is 60.0. The van der Waals surface area contributed by atoms with Crippen molar-refractivity contribution < 1.29 is 32.9 Å². The van der Waals surface area contributed by atoms with Crippen molar-refractivity contribution in [3.8, 4) is 0 Å². The molecule has 0 spiro atoms. The average molecular weight is 1120 g/mol. The molecule has 79 heavy (non-hydrogen) atoms. The van der Waals surface area contributed by atoms with Gasteiger partial charge in [-0.3, -0.25) is 9.36 Å². The SMILES string of the molecule is CC/C=C\C/C=C\C/C=C\C/C=C\C/C=C\CCCCCCCCCCCCCC(=O)NC(COP(=O)([O-])OCC[N+](C)(C)C)C(O)/C=C/CC/C=C/CC/C=C/CCCCCCCCCCCCCCCCCCCCCC. The Labute approximate surface area is 489 Å². The third-order valence-electron chi connectivity index (χ3n) is 14.5. The van der Waals surface area contributed by atoms with Crippen LogP contribution in [0.4, 0.5) is 0 Å². The first-order valence-electron chi connectivity index (χ1n) is 33.1. The number of hydrogen-bond acceptors (Lipinski definition) is 6. The van der Waals surface area contributed by atoms with E-state index in [0.29, 0.717) is 17.4 Å². The van der Waals surface area contributed by atoms with Gasteiger partial charge in [0.2, 0.25) is 5.91 Å². The van der Waals surface area contributed by atoms with Crippen LogP contribution in [0.25, 0.3) is 0 Å². The Morgan fingerprint density at radius 2 is 0.785 bits per heavy atom. The van der Waals surface area contributed by atoms with Crippen LogP contribution < -0.4 is 10.2 Å². The summed E-state index contributed by atoms with van der Waals surface area (Å²) in [5, 5.41) is 13.9. The summed E-state index contributed by atoms with van der Waals surface area (Å²) in [6.07, 6.45) is 86.6. The number of quaternary nitrogens is 1. The monoisotopic (exact) mass is 1120 g/mol. The van der Waals surface area contributed by atoms with Crippen LogP contribution in [0.5, 0.6) is 0 Å². The topological polar surface area (TPSA) is 108 Å². The van der Waals surface area contributed by atoms with Crippen molar-refractivity contribution in [1.82, 2.24) is 5.32 Å². The first-order chi connectivity index (χ1) is 38.5. The summed E-state index contributed by atoms with van der Waals surface area (Å²) in [7, 11) is 1.23. The predicted octanol–water partition coefficient (Wildman–Crippen LogP) is 20.3. The normalized spacial score (nSPS) is 14.4. The van der Waals surface area contributed by atoms with Gasteiger partial charge in [0.05, 0.1) is 39.9 Å². The van der Waals surface area contributed by atoms with E-state index < -0.39 is 26.6 Å². The third kappa shape index (κ3) is 62.9. The fraction of sp³-hybridized carbons (Fsp3) is 0.757. The maximum absolute atomic E-state index is 13.0. The van der Waals surface area contributed by atoms with Gasteiger partial charge in [-0.05, 0) is 89.9 Å². The quantitative estimate of drug-likeness (QED) is 0.0272. The summed E-state index contributed by atoms with van der Waals surface area (Å²) in [4.78, 5) is 25.6. The van der Waals surface area contributed by atoms with E-state index in [9.17, 15) is 19.4 Å². The molecule has 0 bridgehead atoms. The molecule has 0 aliphatic heterocycles. The number of carbonyl (C=O) groups is 1. The number of carbonyl (C=O) groups excluding carboxylic acids is 1. The van der Waals surface area contributed by atoms with Gasteiger partial charge in [-0.2, -0.15) is 0 Å². The van der Waals surface area contributed by atoms with Crippen molar-refractivity contribution in [2.24, 2.45) is 0 Å². The number of phosphoric ester groups is 1. The Bertz CT molecular complexity index is 1610. The smallest absolute Gasteiger partial charge is 0.268 e. The number of unbranched alkanes of at least 4 members (excludes halogenated alkanes) is 33. The van der Waals surface area contributed by atoms with Crippen LogP contribution in [-0.4, -0.2) is 68.5 Å².